The molecular formula is C15H21BrN4O2. The minimum atomic E-state index is 0.276. The summed E-state index contributed by atoms with van der Waals surface area (Å²) in [5.74, 6) is 1.47. The maximum Gasteiger partial charge on any atom is 0.175 e. The molecule has 2 aromatic rings. The fraction of sp³-hybridized carbons (Fsp3) is 0.467. The predicted molar refractivity (Wildman–Crippen MR) is 88.2 cm³/mol. The first kappa shape index (κ1) is 16.8. The van der Waals surface area contributed by atoms with Crippen LogP contribution in [0, 0.1) is 0 Å². The smallest absolute Gasteiger partial charge is 0.175 e. The van der Waals surface area contributed by atoms with Gasteiger partial charge in [-0.2, -0.15) is 5.10 Å². The van der Waals surface area contributed by atoms with Crippen molar-refractivity contribution in [2.45, 2.75) is 33.0 Å². The fourth-order valence-electron chi connectivity index (χ4n) is 2.12. The molecule has 0 aliphatic heterocycles. The summed E-state index contributed by atoms with van der Waals surface area (Å²) in [4.78, 5) is 3.94. The zero-order valence-corrected chi connectivity index (χ0v) is 14.6. The summed E-state index contributed by atoms with van der Waals surface area (Å²) in [5, 5.41) is 7.57. The van der Waals surface area contributed by atoms with Gasteiger partial charge < -0.3 is 14.8 Å². The van der Waals surface area contributed by atoms with Gasteiger partial charge in [0.1, 0.15) is 12.7 Å². The molecule has 120 valence electrons. The molecule has 1 unspecified atom stereocenters. The second kappa shape index (κ2) is 8.14. The number of hydrogen-bond acceptors (Lipinski definition) is 5. The fourth-order valence-corrected chi connectivity index (χ4v) is 2.73. The highest BCUT2D eigenvalue weighted by Gasteiger charge is 2.12. The summed E-state index contributed by atoms with van der Waals surface area (Å²) < 4.78 is 13.7. The van der Waals surface area contributed by atoms with Crippen LogP contribution in [0.2, 0.25) is 0 Å². The normalized spacial score (nSPS) is 12.2. The Balaban J connectivity index is 1.99. The minimum Gasteiger partial charge on any atom is -0.493 e. The quantitative estimate of drug-likeness (QED) is 0.775. The molecule has 22 heavy (non-hydrogen) atoms. The lowest BCUT2D eigenvalue weighted by Gasteiger charge is -2.16. The van der Waals surface area contributed by atoms with Gasteiger partial charge in [0, 0.05) is 12.6 Å². The Morgan fingerprint density at radius 2 is 2.23 bits per heavy atom. The summed E-state index contributed by atoms with van der Waals surface area (Å²) in [6, 6.07) is 4.31. The van der Waals surface area contributed by atoms with E-state index in [1.165, 1.54) is 0 Å². The standard InChI is InChI=1S/C15H21BrN4O2/c1-4-22-15-13(16)5-12(6-14(15)21-3)7-18-11(2)8-20-10-17-9-19-20/h5-6,9-11,18H,4,7-8H2,1-3H3. The SMILES string of the molecule is CCOc1c(Br)cc(CNC(C)Cn2cncn2)cc1OC. The zero-order valence-electron chi connectivity index (χ0n) is 13.0. The van der Waals surface area contributed by atoms with Crippen molar-refractivity contribution in [1.82, 2.24) is 20.1 Å². The molecule has 0 saturated heterocycles. The molecule has 0 bridgehead atoms. The van der Waals surface area contributed by atoms with Crippen molar-refractivity contribution in [3.8, 4) is 11.5 Å². The number of methoxy groups -OCH3 is 1. The highest BCUT2D eigenvalue weighted by Crippen LogP contribution is 2.36. The highest BCUT2D eigenvalue weighted by atomic mass is 79.9. The first-order valence-corrected chi connectivity index (χ1v) is 7.98. The van der Waals surface area contributed by atoms with Gasteiger partial charge in [0.15, 0.2) is 11.5 Å². The van der Waals surface area contributed by atoms with E-state index in [1.807, 2.05) is 23.7 Å². The van der Waals surface area contributed by atoms with Crippen LogP contribution in [0.5, 0.6) is 11.5 Å². The van der Waals surface area contributed by atoms with E-state index < -0.39 is 0 Å². The van der Waals surface area contributed by atoms with E-state index in [9.17, 15) is 0 Å². The summed E-state index contributed by atoms with van der Waals surface area (Å²) in [7, 11) is 1.65. The lowest BCUT2D eigenvalue weighted by molar-refractivity contribution is 0.308. The molecule has 6 nitrogen and oxygen atoms in total. The van der Waals surface area contributed by atoms with Gasteiger partial charge in [-0.25, -0.2) is 4.98 Å². The van der Waals surface area contributed by atoms with Gasteiger partial charge >= 0.3 is 0 Å². The number of ether oxygens (including phenoxy) is 2. The van der Waals surface area contributed by atoms with Gasteiger partial charge in [-0.05, 0) is 47.5 Å². The molecule has 1 aromatic carbocycles. The van der Waals surface area contributed by atoms with Crippen molar-refractivity contribution in [3.05, 3.63) is 34.8 Å². The van der Waals surface area contributed by atoms with Crippen molar-refractivity contribution in [3.63, 3.8) is 0 Å². The van der Waals surface area contributed by atoms with Gasteiger partial charge in [0.2, 0.25) is 0 Å². The maximum atomic E-state index is 5.60. The number of nitrogens with one attached hydrogen (secondary N) is 1. The molecular weight excluding hydrogens is 348 g/mol. The molecule has 1 heterocycles. The molecule has 7 heteroatoms. The van der Waals surface area contributed by atoms with Gasteiger partial charge in [-0.3, -0.25) is 4.68 Å². The predicted octanol–water partition coefficient (Wildman–Crippen LogP) is 2.63. The molecule has 0 radical (unpaired) electrons. The monoisotopic (exact) mass is 368 g/mol. The molecule has 0 aliphatic rings. The Labute approximate surface area is 139 Å². The number of aromatic nitrogens is 3. The van der Waals surface area contributed by atoms with Crippen LogP contribution in [0.1, 0.15) is 19.4 Å². The van der Waals surface area contributed by atoms with Gasteiger partial charge in [-0.15, -0.1) is 0 Å². The van der Waals surface area contributed by atoms with E-state index in [0.717, 1.165) is 34.6 Å². The van der Waals surface area contributed by atoms with Crippen LogP contribution in [0.3, 0.4) is 0 Å². The average Bonchev–Trinajstić information content (AvgIpc) is 3.00. The van der Waals surface area contributed by atoms with Crippen LogP contribution in [-0.2, 0) is 13.1 Å². The summed E-state index contributed by atoms with van der Waals surface area (Å²) in [6.07, 6.45) is 3.26. The van der Waals surface area contributed by atoms with E-state index in [4.69, 9.17) is 9.47 Å². The molecule has 1 aromatic heterocycles. The topological polar surface area (TPSA) is 61.2 Å². The van der Waals surface area contributed by atoms with Crippen LogP contribution >= 0.6 is 15.9 Å². The van der Waals surface area contributed by atoms with Crippen molar-refractivity contribution in [2.75, 3.05) is 13.7 Å². The van der Waals surface area contributed by atoms with Crippen LogP contribution in [0.25, 0.3) is 0 Å². The Morgan fingerprint density at radius 3 is 2.86 bits per heavy atom. The van der Waals surface area contributed by atoms with E-state index in [0.29, 0.717) is 6.61 Å². The minimum absolute atomic E-state index is 0.276. The summed E-state index contributed by atoms with van der Waals surface area (Å²) in [5.41, 5.74) is 1.12. The van der Waals surface area contributed by atoms with E-state index in [-0.39, 0.29) is 6.04 Å². The molecule has 0 amide bonds. The Bertz CT molecular complexity index is 589. The molecule has 2 rings (SSSR count). The highest BCUT2D eigenvalue weighted by molar-refractivity contribution is 9.10. The third-order valence-corrected chi connectivity index (χ3v) is 3.75. The number of rotatable bonds is 8. The first-order valence-electron chi connectivity index (χ1n) is 7.19. The van der Waals surface area contributed by atoms with Crippen LogP contribution in [0.15, 0.2) is 29.3 Å². The lowest BCUT2D eigenvalue weighted by atomic mass is 10.2. The van der Waals surface area contributed by atoms with Crippen molar-refractivity contribution >= 4 is 15.9 Å². The molecule has 0 aliphatic carbocycles. The number of nitrogens with zero attached hydrogens (tertiary/aromatic N) is 3. The summed E-state index contributed by atoms with van der Waals surface area (Å²) >= 11 is 3.54. The van der Waals surface area contributed by atoms with E-state index >= 15 is 0 Å². The van der Waals surface area contributed by atoms with Gasteiger partial charge in [0.05, 0.1) is 24.7 Å². The van der Waals surface area contributed by atoms with Crippen molar-refractivity contribution in [2.24, 2.45) is 0 Å². The first-order chi connectivity index (χ1) is 10.6. The Hall–Kier alpha value is -1.60. The molecule has 0 spiro atoms. The Morgan fingerprint density at radius 1 is 1.41 bits per heavy atom. The molecule has 1 N–H and O–H groups in total. The largest absolute Gasteiger partial charge is 0.493 e. The maximum absolute atomic E-state index is 5.60. The van der Waals surface area contributed by atoms with E-state index in [2.05, 4.69) is 38.3 Å². The van der Waals surface area contributed by atoms with Crippen molar-refractivity contribution < 1.29 is 9.47 Å². The second-order valence-corrected chi connectivity index (χ2v) is 5.80. The third kappa shape index (κ3) is 4.45. The third-order valence-electron chi connectivity index (χ3n) is 3.16. The second-order valence-electron chi connectivity index (χ2n) is 4.94. The van der Waals surface area contributed by atoms with Gasteiger partial charge in [-0.1, -0.05) is 0 Å². The van der Waals surface area contributed by atoms with Crippen LogP contribution in [0.4, 0.5) is 0 Å². The lowest BCUT2D eigenvalue weighted by Crippen LogP contribution is -2.30. The average molecular weight is 369 g/mol. The zero-order chi connectivity index (χ0) is 15.9. The molecule has 0 saturated carbocycles. The van der Waals surface area contributed by atoms with Crippen molar-refractivity contribution in [1.29, 1.82) is 0 Å². The van der Waals surface area contributed by atoms with Crippen LogP contribution < -0.4 is 14.8 Å². The van der Waals surface area contributed by atoms with E-state index in [1.54, 1.807) is 19.8 Å². The Kier molecular flexibility index (Phi) is 6.21. The number of hydrogen-bond donors (Lipinski definition) is 1. The van der Waals surface area contributed by atoms with Gasteiger partial charge in [0.25, 0.3) is 0 Å². The number of benzene rings is 1. The number of halogens is 1. The molecule has 1 atom stereocenters. The summed E-state index contributed by atoms with van der Waals surface area (Å²) in [6.45, 7) is 6.17. The molecule has 0 fully saturated rings. The van der Waals surface area contributed by atoms with Crippen LogP contribution in [-0.4, -0.2) is 34.5 Å².